The first-order chi connectivity index (χ1) is 23.5. The first-order valence-corrected chi connectivity index (χ1v) is 17.4. The van der Waals surface area contributed by atoms with Crippen LogP contribution in [0, 0.1) is 34.2 Å². The molecule has 4 aromatic rings. The zero-order valence-electron chi connectivity index (χ0n) is 27.8. The van der Waals surface area contributed by atoms with Crippen LogP contribution in [0.5, 0.6) is 6.01 Å². The van der Waals surface area contributed by atoms with Crippen LogP contribution >= 0.6 is 11.3 Å². The molecule has 7 rings (SSSR count). The number of ether oxygens (including phenoxy) is 1. The Bertz CT molecular complexity index is 1980. The van der Waals surface area contributed by atoms with Crippen LogP contribution in [0.4, 0.5) is 28.4 Å². The van der Waals surface area contributed by atoms with E-state index in [1.807, 2.05) is 32.1 Å². The number of piperidine rings is 1. The summed E-state index contributed by atoms with van der Waals surface area (Å²) < 4.78 is 67.4. The lowest BCUT2D eigenvalue weighted by Gasteiger charge is -2.49. The summed E-state index contributed by atoms with van der Waals surface area (Å²) in [7, 11) is 5.97. The van der Waals surface area contributed by atoms with Gasteiger partial charge in [-0.05, 0) is 65.8 Å². The molecule has 14 heteroatoms. The number of hydrogen-bond donors (Lipinski definition) is 0. The molecule has 3 aliphatic rings. The van der Waals surface area contributed by atoms with Gasteiger partial charge < -0.3 is 19.4 Å². The molecule has 2 aliphatic carbocycles. The molecule has 4 heterocycles. The third-order valence-corrected chi connectivity index (χ3v) is 11.8. The van der Waals surface area contributed by atoms with Gasteiger partial charge in [0.15, 0.2) is 5.82 Å². The number of likely N-dealkylation sites (tertiary alicyclic amines) is 1. The van der Waals surface area contributed by atoms with Crippen molar-refractivity contribution in [3.63, 3.8) is 0 Å². The Hall–Kier alpha value is -3.93. The van der Waals surface area contributed by atoms with Crippen LogP contribution in [0.2, 0.25) is 0 Å². The Kier molecular flexibility index (Phi) is 8.73. The summed E-state index contributed by atoms with van der Waals surface area (Å²) in [5.74, 6) is -2.51. The van der Waals surface area contributed by atoms with Crippen LogP contribution in [0.3, 0.4) is 0 Å². The Labute approximate surface area is 286 Å². The standard InChI is InChI=1S/C35H38F4N8OS/c1-41-32-21(15-40)25-26(23(37)14-24(38)30(25)49-32)29-27(39)28-22(16-42-29)31(46(4)18-35(45(2)3)8-5-9-35)44-33(43-28)48-19-34(10-11-34)17-47-12-6-20(36)7-13-47/h14,16,20H,1,5-13,17-19H2,2-4H3. The molecule has 0 amide bonds. The number of likely N-dealkylation sites (N-methyl/N-ethyl adjacent to an activating group) is 2. The fraction of sp³-hybridized carbons (Fsp3) is 0.514. The molecule has 0 atom stereocenters. The van der Waals surface area contributed by atoms with Crippen molar-refractivity contribution < 1.29 is 22.3 Å². The van der Waals surface area contributed by atoms with Gasteiger partial charge in [-0.15, -0.1) is 11.3 Å². The van der Waals surface area contributed by atoms with Gasteiger partial charge in [-0.1, -0.05) is 0 Å². The maximum absolute atomic E-state index is 16.8. The van der Waals surface area contributed by atoms with E-state index >= 15 is 8.78 Å². The van der Waals surface area contributed by atoms with Gasteiger partial charge in [0.1, 0.15) is 45.9 Å². The second-order valence-electron chi connectivity index (χ2n) is 14.1. The average Bonchev–Trinajstić information content (AvgIpc) is 3.72. The maximum Gasteiger partial charge on any atom is 0.319 e. The van der Waals surface area contributed by atoms with Gasteiger partial charge in [0, 0.05) is 67.4 Å². The Morgan fingerprint density at radius 1 is 1.12 bits per heavy atom. The first kappa shape index (κ1) is 33.6. The lowest BCUT2D eigenvalue weighted by atomic mass is 9.75. The van der Waals surface area contributed by atoms with E-state index in [1.165, 1.54) is 6.20 Å². The van der Waals surface area contributed by atoms with E-state index in [9.17, 15) is 14.0 Å². The van der Waals surface area contributed by atoms with Gasteiger partial charge in [0.25, 0.3) is 0 Å². The van der Waals surface area contributed by atoms with Crippen LogP contribution in [-0.2, 0) is 0 Å². The minimum atomic E-state index is -1.08. The summed E-state index contributed by atoms with van der Waals surface area (Å²) >= 11 is 0.831. The third kappa shape index (κ3) is 5.99. The number of alkyl halides is 1. The molecule has 258 valence electrons. The summed E-state index contributed by atoms with van der Waals surface area (Å²) in [6.07, 6.45) is 6.68. The molecule has 9 nitrogen and oxygen atoms in total. The van der Waals surface area contributed by atoms with Gasteiger partial charge in [-0.25, -0.2) is 17.6 Å². The van der Waals surface area contributed by atoms with Crippen LogP contribution in [0.1, 0.15) is 50.5 Å². The number of halogens is 4. The molecule has 0 N–H and O–H groups in total. The molecule has 1 aromatic carbocycles. The molecule has 3 aromatic heterocycles. The molecule has 1 saturated heterocycles. The minimum absolute atomic E-state index is 0.0252. The summed E-state index contributed by atoms with van der Waals surface area (Å²) in [6, 6.07) is 2.58. The van der Waals surface area contributed by atoms with Crippen molar-refractivity contribution in [1.29, 1.82) is 5.26 Å². The third-order valence-electron chi connectivity index (χ3n) is 10.7. The summed E-state index contributed by atoms with van der Waals surface area (Å²) in [5, 5.41) is 10.2. The smallest absolute Gasteiger partial charge is 0.319 e. The molecular formula is C35H38F4N8OS. The van der Waals surface area contributed by atoms with Crippen molar-refractivity contribution in [2.75, 3.05) is 58.8 Å². The van der Waals surface area contributed by atoms with E-state index in [2.05, 4.69) is 31.5 Å². The van der Waals surface area contributed by atoms with Gasteiger partial charge in [-0.2, -0.15) is 15.2 Å². The summed E-state index contributed by atoms with van der Waals surface area (Å²) in [6.45, 7) is 6.55. The fourth-order valence-electron chi connectivity index (χ4n) is 7.32. The van der Waals surface area contributed by atoms with Gasteiger partial charge >= 0.3 is 6.01 Å². The number of nitrogens with zero attached hydrogens (tertiary/aromatic N) is 8. The lowest BCUT2D eigenvalue weighted by molar-refractivity contribution is 0.0682. The fourth-order valence-corrected chi connectivity index (χ4v) is 8.29. The number of pyridine rings is 1. The van der Waals surface area contributed by atoms with Crippen molar-refractivity contribution in [3.05, 3.63) is 35.3 Å². The van der Waals surface area contributed by atoms with Gasteiger partial charge in [-0.3, -0.25) is 9.98 Å². The van der Waals surface area contributed by atoms with Crippen LogP contribution < -0.4 is 9.64 Å². The van der Waals surface area contributed by atoms with E-state index in [-0.39, 0.29) is 48.7 Å². The summed E-state index contributed by atoms with van der Waals surface area (Å²) in [4.78, 5) is 23.9. The predicted octanol–water partition coefficient (Wildman–Crippen LogP) is 7.04. The Morgan fingerprint density at radius 2 is 1.86 bits per heavy atom. The number of hydrogen-bond acceptors (Lipinski definition) is 10. The minimum Gasteiger partial charge on any atom is -0.463 e. The average molecular weight is 695 g/mol. The largest absolute Gasteiger partial charge is 0.463 e. The molecule has 0 bridgehead atoms. The molecule has 2 saturated carbocycles. The lowest BCUT2D eigenvalue weighted by Crippen LogP contribution is -2.56. The number of benzene rings is 1. The molecular weight excluding hydrogens is 656 g/mol. The summed E-state index contributed by atoms with van der Waals surface area (Å²) in [5.41, 5.74) is -1.23. The van der Waals surface area contributed by atoms with Crippen molar-refractivity contribution >= 4 is 49.9 Å². The van der Waals surface area contributed by atoms with Crippen molar-refractivity contribution in [1.82, 2.24) is 24.8 Å². The highest BCUT2D eigenvalue weighted by atomic mass is 32.1. The molecule has 0 radical (unpaired) electrons. The Balaban J connectivity index is 1.31. The molecule has 0 unspecified atom stereocenters. The quantitative estimate of drug-likeness (QED) is 0.122. The second kappa shape index (κ2) is 12.8. The van der Waals surface area contributed by atoms with Gasteiger partial charge in [0.05, 0.1) is 22.3 Å². The van der Waals surface area contributed by atoms with Crippen molar-refractivity contribution in [2.45, 2.75) is 56.7 Å². The highest BCUT2D eigenvalue weighted by Gasteiger charge is 2.46. The highest BCUT2D eigenvalue weighted by Crippen LogP contribution is 2.48. The second-order valence-corrected chi connectivity index (χ2v) is 15.1. The normalized spacial score (nSPS) is 18.8. The number of rotatable bonds is 11. The van der Waals surface area contributed by atoms with E-state index in [1.54, 1.807) is 0 Å². The molecule has 3 fully saturated rings. The number of fused-ring (bicyclic) bond motifs is 2. The Morgan fingerprint density at radius 3 is 2.47 bits per heavy atom. The number of anilines is 1. The SMILES string of the molecule is C=Nc1sc2c(F)cc(F)c(-c3ncc4c(N(C)CC5(N(C)C)CCC5)nc(OCC5(CN6CCC(F)CC6)CC5)nc4c3F)c2c1C#N. The van der Waals surface area contributed by atoms with E-state index in [0.717, 1.165) is 50.0 Å². The number of aromatic nitrogens is 3. The number of thiophene rings is 1. The van der Waals surface area contributed by atoms with Crippen LogP contribution in [-0.4, -0.2) is 97.1 Å². The van der Waals surface area contributed by atoms with Crippen molar-refractivity contribution in [2.24, 2.45) is 10.4 Å². The monoisotopic (exact) mass is 694 g/mol. The molecule has 49 heavy (non-hydrogen) atoms. The van der Waals surface area contributed by atoms with E-state index in [0.29, 0.717) is 56.4 Å². The number of nitriles is 1. The maximum atomic E-state index is 16.8. The molecule has 1 aliphatic heterocycles. The van der Waals surface area contributed by atoms with Crippen LogP contribution in [0.25, 0.3) is 32.2 Å². The van der Waals surface area contributed by atoms with E-state index < -0.39 is 29.3 Å². The topological polar surface area (TPSA) is 93.8 Å². The first-order valence-electron chi connectivity index (χ1n) is 16.5. The predicted molar refractivity (Wildman–Crippen MR) is 183 cm³/mol. The molecule has 0 spiro atoms. The van der Waals surface area contributed by atoms with Gasteiger partial charge in [0.2, 0.25) is 0 Å². The zero-order valence-corrected chi connectivity index (χ0v) is 28.6. The highest BCUT2D eigenvalue weighted by molar-refractivity contribution is 7.23. The zero-order chi connectivity index (χ0) is 34.7. The van der Waals surface area contributed by atoms with E-state index in [4.69, 9.17) is 9.72 Å². The van der Waals surface area contributed by atoms with Crippen LogP contribution in [0.15, 0.2) is 17.3 Å². The number of aliphatic imine (C=N–C) groups is 1. The van der Waals surface area contributed by atoms with Crippen molar-refractivity contribution in [3.8, 4) is 23.3 Å².